The Morgan fingerprint density at radius 2 is 2.28 bits per heavy atom. The highest BCUT2D eigenvalue weighted by atomic mass is 16.1. The van der Waals surface area contributed by atoms with E-state index < -0.39 is 0 Å². The van der Waals surface area contributed by atoms with Gasteiger partial charge in [-0.3, -0.25) is 9.78 Å². The van der Waals surface area contributed by atoms with E-state index in [1.54, 1.807) is 24.5 Å². The average molecular weight is 242 g/mol. The second-order valence-corrected chi connectivity index (χ2v) is 3.67. The summed E-state index contributed by atoms with van der Waals surface area (Å²) in [5.41, 5.74) is 1.56. The molecule has 0 spiro atoms. The van der Waals surface area contributed by atoms with E-state index in [4.69, 9.17) is 0 Å². The van der Waals surface area contributed by atoms with Crippen LogP contribution in [0, 0.1) is 0 Å². The van der Waals surface area contributed by atoms with E-state index in [1.165, 1.54) is 6.33 Å². The molecule has 0 aliphatic carbocycles. The van der Waals surface area contributed by atoms with Crippen LogP contribution in [-0.4, -0.2) is 27.5 Å². The van der Waals surface area contributed by atoms with Crippen LogP contribution in [0.3, 0.4) is 0 Å². The number of carbonyl (C=O) groups excluding carboxylic acids is 1. The van der Waals surface area contributed by atoms with Crippen molar-refractivity contribution in [2.45, 2.75) is 0 Å². The molecule has 1 amide bonds. The molecule has 1 aliphatic heterocycles. The zero-order valence-electron chi connectivity index (χ0n) is 9.34. The molecule has 0 saturated carbocycles. The number of rotatable bonds is 2. The number of anilines is 3. The van der Waals surface area contributed by atoms with E-state index in [0.717, 1.165) is 0 Å². The van der Waals surface area contributed by atoms with Gasteiger partial charge >= 0.3 is 0 Å². The number of pyridine rings is 1. The molecule has 2 aromatic heterocycles. The van der Waals surface area contributed by atoms with Gasteiger partial charge in [0.05, 0.1) is 18.6 Å². The van der Waals surface area contributed by atoms with Gasteiger partial charge in [-0.1, -0.05) is 0 Å². The van der Waals surface area contributed by atoms with E-state index in [1.807, 2.05) is 0 Å². The van der Waals surface area contributed by atoms with Crippen molar-refractivity contribution in [3.05, 3.63) is 36.5 Å². The van der Waals surface area contributed by atoms with E-state index in [9.17, 15) is 4.79 Å². The van der Waals surface area contributed by atoms with Crippen LogP contribution in [-0.2, 0) is 0 Å². The van der Waals surface area contributed by atoms with Crippen molar-refractivity contribution >= 4 is 23.1 Å². The number of fused-ring (bicyclic) bond motifs is 1. The molecule has 18 heavy (non-hydrogen) atoms. The number of aromatic nitrogens is 3. The smallest absolute Gasteiger partial charge is 0.276 e. The summed E-state index contributed by atoms with van der Waals surface area (Å²) in [6.07, 6.45) is 4.57. The van der Waals surface area contributed by atoms with Crippen molar-refractivity contribution in [3.63, 3.8) is 0 Å². The van der Waals surface area contributed by atoms with Gasteiger partial charge in [-0.05, 0) is 12.1 Å². The Kier molecular flexibility index (Phi) is 2.49. The maximum atomic E-state index is 12.1. The molecule has 3 rings (SSSR count). The number of hydrogen-bond acceptors (Lipinski definition) is 6. The Morgan fingerprint density at radius 1 is 1.33 bits per heavy atom. The zero-order chi connectivity index (χ0) is 12.4. The number of amides is 1. The standard InChI is InChI=1S/C11H10N6O/c18-11(17-7-2-1-3-12-4-7)9-8-10(15-5-13-8)16-6-14-9/h1-4,6,13H,5H2,(H,17,18)(H,14,15,16). The summed E-state index contributed by atoms with van der Waals surface area (Å²) in [6, 6.07) is 3.51. The van der Waals surface area contributed by atoms with E-state index in [2.05, 4.69) is 30.9 Å². The van der Waals surface area contributed by atoms with Gasteiger partial charge in [0.25, 0.3) is 5.91 Å². The van der Waals surface area contributed by atoms with Crippen molar-refractivity contribution < 1.29 is 4.79 Å². The molecule has 90 valence electrons. The van der Waals surface area contributed by atoms with Crippen molar-refractivity contribution in [2.24, 2.45) is 0 Å². The fraction of sp³-hybridized carbons (Fsp3) is 0.0909. The fourth-order valence-electron chi connectivity index (χ4n) is 1.70. The summed E-state index contributed by atoms with van der Waals surface area (Å²) < 4.78 is 0. The van der Waals surface area contributed by atoms with E-state index >= 15 is 0 Å². The number of nitrogens with zero attached hydrogens (tertiary/aromatic N) is 3. The molecular formula is C11H10N6O. The lowest BCUT2D eigenvalue weighted by Gasteiger charge is -2.06. The molecule has 3 heterocycles. The first-order valence-electron chi connectivity index (χ1n) is 5.39. The van der Waals surface area contributed by atoms with Gasteiger partial charge in [-0.2, -0.15) is 0 Å². The highest BCUT2D eigenvalue weighted by Gasteiger charge is 2.21. The predicted octanol–water partition coefficient (Wildman–Crippen LogP) is 0.919. The van der Waals surface area contributed by atoms with Crippen LogP contribution in [0.2, 0.25) is 0 Å². The molecule has 3 N–H and O–H groups in total. The summed E-state index contributed by atoms with van der Waals surface area (Å²) >= 11 is 0. The summed E-state index contributed by atoms with van der Waals surface area (Å²) in [5.74, 6) is 0.346. The minimum absolute atomic E-state index is 0.294. The number of carbonyl (C=O) groups is 1. The lowest BCUT2D eigenvalue weighted by molar-refractivity contribution is 0.102. The first kappa shape index (κ1) is 10.5. The Balaban J connectivity index is 1.88. The number of nitrogens with one attached hydrogen (secondary N) is 3. The Labute approximate surface area is 103 Å². The molecule has 0 radical (unpaired) electrons. The summed E-state index contributed by atoms with van der Waals surface area (Å²) in [7, 11) is 0. The van der Waals surface area contributed by atoms with Crippen LogP contribution in [0.5, 0.6) is 0 Å². The molecule has 0 saturated heterocycles. The number of hydrogen-bond donors (Lipinski definition) is 3. The third-order valence-corrected chi connectivity index (χ3v) is 2.50. The van der Waals surface area contributed by atoms with Crippen LogP contribution in [0.15, 0.2) is 30.9 Å². The van der Waals surface area contributed by atoms with Crippen LogP contribution >= 0.6 is 0 Å². The lowest BCUT2D eigenvalue weighted by Crippen LogP contribution is -2.15. The maximum absolute atomic E-state index is 12.1. The summed E-state index contributed by atoms with van der Waals surface area (Å²) in [6.45, 7) is 0.543. The average Bonchev–Trinajstić information content (AvgIpc) is 2.87. The summed E-state index contributed by atoms with van der Waals surface area (Å²) in [5, 5.41) is 8.76. The van der Waals surface area contributed by atoms with Gasteiger partial charge in [-0.25, -0.2) is 9.97 Å². The molecule has 7 heteroatoms. The normalized spacial score (nSPS) is 12.2. The highest BCUT2D eigenvalue weighted by Crippen LogP contribution is 2.26. The molecule has 1 aliphatic rings. The molecule has 0 aromatic carbocycles. The largest absolute Gasteiger partial charge is 0.363 e. The minimum Gasteiger partial charge on any atom is -0.363 e. The fourth-order valence-corrected chi connectivity index (χ4v) is 1.70. The first-order chi connectivity index (χ1) is 8.84. The molecule has 0 unspecified atom stereocenters. The van der Waals surface area contributed by atoms with Gasteiger partial charge < -0.3 is 16.0 Å². The zero-order valence-corrected chi connectivity index (χ0v) is 9.34. The minimum atomic E-state index is -0.294. The SMILES string of the molecule is O=C(Nc1cccnc1)c1ncnc2c1NCN2. The van der Waals surface area contributed by atoms with Crippen LogP contribution in [0.1, 0.15) is 10.5 Å². The van der Waals surface area contributed by atoms with Crippen LogP contribution in [0.25, 0.3) is 0 Å². The Morgan fingerprint density at radius 3 is 3.11 bits per heavy atom. The van der Waals surface area contributed by atoms with Gasteiger partial charge in [-0.15, -0.1) is 0 Å². The lowest BCUT2D eigenvalue weighted by atomic mass is 10.3. The van der Waals surface area contributed by atoms with E-state index in [0.29, 0.717) is 29.6 Å². The van der Waals surface area contributed by atoms with Crippen LogP contribution in [0.4, 0.5) is 17.2 Å². The quantitative estimate of drug-likeness (QED) is 0.725. The van der Waals surface area contributed by atoms with Gasteiger partial charge in [0, 0.05) is 6.20 Å². The Hall–Kier alpha value is -2.70. The maximum Gasteiger partial charge on any atom is 0.276 e. The van der Waals surface area contributed by atoms with E-state index in [-0.39, 0.29) is 5.91 Å². The highest BCUT2D eigenvalue weighted by molar-refractivity contribution is 6.08. The van der Waals surface area contributed by atoms with Crippen molar-refractivity contribution in [1.82, 2.24) is 15.0 Å². The molecule has 2 aromatic rings. The molecular weight excluding hydrogens is 232 g/mol. The molecule has 0 fully saturated rings. The monoisotopic (exact) mass is 242 g/mol. The van der Waals surface area contributed by atoms with Crippen molar-refractivity contribution in [3.8, 4) is 0 Å². The molecule has 0 atom stereocenters. The third-order valence-electron chi connectivity index (χ3n) is 2.50. The second kappa shape index (κ2) is 4.28. The van der Waals surface area contributed by atoms with Gasteiger partial charge in [0.2, 0.25) is 0 Å². The van der Waals surface area contributed by atoms with Crippen molar-refractivity contribution in [1.29, 1.82) is 0 Å². The topological polar surface area (TPSA) is 91.8 Å². The van der Waals surface area contributed by atoms with Gasteiger partial charge in [0.1, 0.15) is 12.0 Å². The molecule has 0 bridgehead atoms. The second-order valence-electron chi connectivity index (χ2n) is 3.67. The van der Waals surface area contributed by atoms with Crippen LogP contribution < -0.4 is 16.0 Å². The van der Waals surface area contributed by atoms with Gasteiger partial charge in [0.15, 0.2) is 11.5 Å². The van der Waals surface area contributed by atoms with Crippen molar-refractivity contribution in [2.75, 3.05) is 22.6 Å². The Bertz CT molecular complexity index is 585. The predicted molar refractivity (Wildman–Crippen MR) is 66.3 cm³/mol. The summed E-state index contributed by atoms with van der Waals surface area (Å²) in [4.78, 5) is 24.0. The first-order valence-corrected chi connectivity index (χ1v) is 5.39. The third kappa shape index (κ3) is 1.81. The molecule has 7 nitrogen and oxygen atoms in total.